The summed E-state index contributed by atoms with van der Waals surface area (Å²) in [6.07, 6.45) is 0.305. The van der Waals surface area contributed by atoms with Crippen LogP contribution in [-0.4, -0.2) is 11.8 Å². The fraction of sp³-hybridized carbons (Fsp3) is 0.467. The van der Waals surface area contributed by atoms with Gasteiger partial charge in [-0.15, -0.1) is 0 Å². The molecule has 0 spiro atoms. The molecular weight excluding hydrogens is 306 g/mol. The summed E-state index contributed by atoms with van der Waals surface area (Å²) in [5, 5.41) is 0. The molecule has 0 N–H and O–H groups in total. The van der Waals surface area contributed by atoms with Crippen molar-refractivity contribution in [2.45, 2.75) is 46.5 Å². The van der Waals surface area contributed by atoms with Gasteiger partial charge in [0.15, 0.2) is 0 Å². The summed E-state index contributed by atoms with van der Waals surface area (Å²) in [5.74, 6) is -0.431. The predicted octanol–water partition coefficient (Wildman–Crippen LogP) is 4.04. The Kier molecular flexibility index (Phi) is 4.91. The molecule has 4 heteroatoms. The Morgan fingerprint density at radius 2 is 1.84 bits per heavy atom. The zero-order valence-corrected chi connectivity index (χ0v) is 13.7. The highest BCUT2D eigenvalue weighted by Crippen LogP contribution is 2.34. The SMILES string of the molecule is CCC(=O)N(C(C)=O)c1ccc(Br)cc1C(C)(C)C. The summed E-state index contributed by atoms with van der Waals surface area (Å²) in [5.41, 5.74) is 1.50. The predicted molar refractivity (Wildman–Crippen MR) is 81.3 cm³/mol. The molecule has 0 saturated heterocycles. The van der Waals surface area contributed by atoms with Crippen molar-refractivity contribution in [3.8, 4) is 0 Å². The van der Waals surface area contributed by atoms with E-state index < -0.39 is 0 Å². The van der Waals surface area contributed by atoms with Crippen molar-refractivity contribution in [1.29, 1.82) is 0 Å². The largest absolute Gasteiger partial charge is 0.274 e. The highest BCUT2D eigenvalue weighted by Gasteiger charge is 2.26. The van der Waals surface area contributed by atoms with Crippen LogP contribution < -0.4 is 4.90 Å². The average molecular weight is 326 g/mol. The van der Waals surface area contributed by atoms with Crippen molar-refractivity contribution in [2.75, 3.05) is 4.90 Å². The van der Waals surface area contributed by atoms with Crippen molar-refractivity contribution < 1.29 is 9.59 Å². The summed E-state index contributed by atoms with van der Waals surface area (Å²) < 4.78 is 0.939. The smallest absolute Gasteiger partial charge is 0.233 e. The van der Waals surface area contributed by atoms with Gasteiger partial charge in [0, 0.05) is 17.8 Å². The van der Waals surface area contributed by atoms with Crippen LogP contribution in [-0.2, 0) is 15.0 Å². The van der Waals surface area contributed by atoms with Gasteiger partial charge in [-0.2, -0.15) is 0 Å². The quantitative estimate of drug-likeness (QED) is 0.823. The lowest BCUT2D eigenvalue weighted by atomic mass is 9.85. The third kappa shape index (κ3) is 3.66. The van der Waals surface area contributed by atoms with E-state index in [0.717, 1.165) is 10.0 Å². The van der Waals surface area contributed by atoms with Gasteiger partial charge in [-0.05, 0) is 29.2 Å². The normalized spacial score (nSPS) is 11.3. The van der Waals surface area contributed by atoms with Gasteiger partial charge in [-0.1, -0.05) is 43.6 Å². The third-order valence-electron chi connectivity index (χ3n) is 2.87. The highest BCUT2D eigenvalue weighted by molar-refractivity contribution is 9.10. The van der Waals surface area contributed by atoms with Crippen LogP contribution in [0, 0.1) is 0 Å². The molecule has 19 heavy (non-hydrogen) atoms. The average Bonchev–Trinajstić information content (AvgIpc) is 2.29. The van der Waals surface area contributed by atoms with Crippen molar-refractivity contribution in [2.24, 2.45) is 0 Å². The van der Waals surface area contributed by atoms with Gasteiger partial charge in [0.1, 0.15) is 0 Å². The molecular formula is C15H20BrNO2. The molecule has 3 nitrogen and oxygen atoms in total. The number of imide groups is 1. The van der Waals surface area contributed by atoms with E-state index in [1.165, 1.54) is 11.8 Å². The van der Waals surface area contributed by atoms with E-state index in [-0.39, 0.29) is 17.2 Å². The van der Waals surface area contributed by atoms with E-state index >= 15 is 0 Å². The molecule has 0 saturated carbocycles. The molecule has 0 unspecified atom stereocenters. The molecule has 1 aromatic rings. The van der Waals surface area contributed by atoms with Crippen molar-refractivity contribution in [3.05, 3.63) is 28.2 Å². The highest BCUT2D eigenvalue weighted by atomic mass is 79.9. The Labute approximate surface area is 123 Å². The number of hydrogen-bond acceptors (Lipinski definition) is 2. The molecule has 104 valence electrons. The molecule has 0 aliphatic heterocycles. The van der Waals surface area contributed by atoms with Gasteiger partial charge in [-0.25, -0.2) is 0 Å². The first-order valence-corrected chi connectivity index (χ1v) is 7.11. The number of anilines is 1. The second kappa shape index (κ2) is 5.87. The van der Waals surface area contributed by atoms with E-state index in [1.54, 1.807) is 6.92 Å². The maximum Gasteiger partial charge on any atom is 0.233 e. The molecule has 1 aromatic carbocycles. The van der Waals surface area contributed by atoms with Crippen LogP contribution in [0.1, 0.15) is 46.6 Å². The first kappa shape index (κ1) is 15.9. The summed E-state index contributed by atoms with van der Waals surface area (Å²) in [7, 11) is 0. The molecule has 0 atom stereocenters. The summed E-state index contributed by atoms with van der Waals surface area (Å²) >= 11 is 3.44. The van der Waals surface area contributed by atoms with Gasteiger partial charge >= 0.3 is 0 Å². The number of hydrogen-bond donors (Lipinski definition) is 0. The third-order valence-corrected chi connectivity index (χ3v) is 3.37. The molecule has 1 rings (SSSR count). The number of rotatable bonds is 2. The number of amides is 2. The van der Waals surface area contributed by atoms with Gasteiger partial charge in [0.2, 0.25) is 11.8 Å². The minimum absolute atomic E-state index is 0.152. The van der Waals surface area contributed by atoms with Crippen LogP contribution in [0.25, 0.3) is 0 Å². The zero-order chi connectivity index (χ0) is 14.8. The van der Waals surface area contributed by atoms with Crippen molar-refractivity contribution in [3.63, 3.8) is 0 Å². The summed E-state index contributed by atoms with van der Waals surface area (Å²) in [6.45, 7) is 9.36. The van der Waals surface area contributed by atoms with E-state index in [4.69, 9.17) is 0 Å². The molecule has 0 bridgehead atoms. The lowest BCUT2D eigenvalue weighted by Gasteiger charge is -2.28. The molecule has 0 heterocycles. The van der Waals surface area contributed by atoms with Crippen molar-refractivity contribution in [1.82, 2.24) is 0 Å². The fourth-order valence-corrected chi connectivity index (χ4v) is 2.30. The topological polar surface area (TPSA) is 37.4 Å². The monoisotopic (exact) mass is 325 g/mol. The number of carbonyl (C=O) groups excluding carboxylic acids is 2. The second-order valence-electron chi connectivity index (χ2n) is 5.51. The Hall–Kier alpha value is -1.16. The van der Waals surface area contributed by atoms with Gasteiger partial charge in [0.05, 0.1) is 5.69 Å². The Bertz CT molecular complexity index is 503. The van der Waals surface area contributed by atoms with Gasteiger partial charge in [-0.3, -0.25) is 14.5 Å². The van der Waals surface area contributed by atoms with Gasteiger partial charge in [0.25, 0.3) is 0 Å². The second-order valence-corrected chi connectivity index (χ2v) is 6.43. The minimum atomic E-state index is -0.250. The van der Waals surface area contributed by atoms with E-state index in [0.29, 0.717) is 12.1 Å². The van der Waals surface area contributed by atoms with Crippen LogP contribution >= 0.6 is 15.9 Å². The first-order chi connectivity index (χ1) is 8.68. The lowest BCUT2D eigenvalue weighted by Crippen LogP contribution is -2.36. The maximum atomic E-state index is 12.0. The van der Waals surface area contributed by atoms with E-state index in [1.807, 2.05) is 18.2 Å². The standard InChI is InChI=1S/C15H20BrNO2/c1-6-14(19)17(10(2)18)13-8-7-11(16)9-12(13)15(3,4)5/h7-9H,6H2,1-5H3. The Morgan fingerprint density at radius 3 is 2.26 bits per heavy atom. The number of nitrogens with zero attached hydrogens (tertiary/aromatic N) is 1. The van der Waals surface area contributed by atoms with E-state index in [9.17, 15) is 9.59 Å². The molecule has 0 aliphatic rings. The Balaban J connectivity index is 3.47. The van der Waals surface area contributed by atoms with Gasteiger partial charge < -0.3 is 0 Å². The summed E-state index contributed by atoms with van der Waals surface area (Å²) in [4.78, 5) is 25.1. The van der Waals surface area contributed by atoms with Crippen LogP contribution in [0.2, 0.25) is 0 Å². The molecule has 0 fully saturated rings. The van der Waals surface area contributed by atoms with Crippen LogP contribution in [0.15, 0.2) is 22.7 Å². The first-order valence-electron chi connectivity index (χ1n) is 6.32. The molecule has 0 radical (unpaired) electrons. The molecule has 0 aromatic heterocycles. The van der Waals surface area contributed by atoms with Crippen LogP contribution in [0.4, 0.5) is 5.69 Å². The number of benzene rings is 1. The minimum Gasteiger partial charge on any atom is -0.274 e. The molecule has 0 aliphatic carbocycles. The van der Waals surface area contributed by atoms with Crippen LogP contribution in [0.3, 0.4) is 0 Å². The Morgan fingerprint density at radius 1 is 1.26 bits per heavy atom. The maximum absolute atomic E-state index is 12.0. The zero-order valence-electron chi connectivity index (χ0n) is 12.1. The van der Waals surface area contributed by atoms with Crippen molar-refractivity contribution >= 4 is 33.4 Å². The fourth-order valence-electron chi connectivity index (χ4n) is 1.94. The number of halogens is 1. The summed E-state index contributed by atoms with van der Waals surface area (Å²) in [6, 6.07) is 5.64. The van der Waals surface area contributed by atoms with Crippen LogP contribution in [0.5, 0.6) is 0 Å². The molecule has 2 amide bonds. The number of carbonyl (C=O) groups is 2. The lowest BCUT2D eigenvalue weighted by molar-refractivity contribution is -0.125. The van der Waals surface area contributed by atoms with E-state index in [2.05, 4.69) is 36.7 Å².